The van der Waals surface area contributed by atoms with Gasteiger partial charge >= 0.3 is 0 Å². The molecule has 6 nitrogen and oxygen atoms in total. The maximum absolute atomic E-state index is 13.2. The summed E-state index contributed by atoms with van der Waals surface area (Å²) in [5.41, 5.74) is 2.96. The molecular weight excluding hydrogens is 481 g/mol. The molecule has 3 rings (SSSR count). The molecule has 0 heterocycles. The zero-order valence-corrected chi connectivity index (χ0v) is 19.0. The van der Waals surface area contributed by atoms with Crippen LogP contribution in [0.25, 0.3) is 0 Å². The highest BCUT2D eigenvalue weighted by Crippen LogP contribution is 2.26. The van der Waals surface area contributed by atoms with Gasteiger partial charge in [-0.15, -0.1) is 0 Å². The number of halogens is 3. The minimum Gasteiger partial charge on any atom is -0.271 e. The fourth-order valence-electron chi connectivity index (χ4n) is 2.63. The zero-order valence-electron chi connectivity index (χ0n) is 15.9. The first kappa shape index (κ1) is 23.1. The van der Waals surface area contributed by atoms with E-state index in [1.165, 1.54) is 24.4 Å². The molecule has 0 aromatic heterocycles. The molecule has 3 aromatic rings. The van der Waals surface area contributed by atoms with Crippen LogP contribution in [0.2, 0.25) is 15.1 Å². The molecular formula is C21H16Cl3N3O3S. The molecule has 160 valence electrons. The van der Waals surface area contributed by atoms with Crippen molar-refractivity contribution in [3.05, 3.63) is 93.4 Å². The van der Waals surface area contributed by atoms with Gasteiger partial charge in [-0.3, -0.25) is 9.10 Å². The predicted molar refractivity (Wildman–Crippen MR) is 125 cm³/mol. The van der Waals surface area contributed by atoms with Gasteiger partial charge in [0.05, 0.1) is 26.8 Å². The lowest BCUT2D eigenvalue weighted by Crippen LogP contribution is -2.39. The number of anilines is 1. The van der Waals surface area contributed by atoms with Crippen LogP contribution in [0.4, 0.5) is 5.69 Å². The van der Waals surface area contributed by atoms with Crippen LogP contribution >= 0.6 is 34.8 Å². The largest absolute Gasteiger partial charge is 0.271 e. The van der Waals surface area contributed by atoms with E-state index in [1.54, 1.807) is 54.6 Å². The molecule has 0 saturated carbocycles. The zero-order chi connectivity index (χ0) is 22.4. The summed E-state index contributed by atoms with van der Waals surface area (Å²) in [6.45, 7) is -0.523. The van der Waals surface area contributed by atoms with Crippen molar-refractivity contribution in [3.63, 3.8) is 0 Å². The smallest absolute Gasteiger partial charge is 0.264 e. The molecule has 0 aliphatic carbocycles. The van der Waals surface area contributed by atoms with Gasteiger partial charge in [0.25, 0.3) is 15.9 Å². The van der Waals surface area contributed by atoms with Gasteiger partial charge in [-0.25, -0.2) is 13.8 Å². The van der Waals surface area contributed by atoms with Crippen molar-refractivity contribution in [1.29, 1.82) is 0 Å². The number of hydrogen-bond acceptors (Lipinski definition) is 4. The van der Waals surface area contributed by atoms with Crippen molar-refractivity contribution in [1.82, 2.24) is 5.43 Å². The molecule has 0 unspecified atom stereocenters. The first-order valence-electron chi connectivity index (χ1n) is 8.88. The fourth-order valence-corrected chi connectivity index (χ4v) is 4.75. The molecule has 0 spiro atoms. The van der Waals surface area contributed by atoms with E-state index in [9.17, 15) is 13.2 Å². The summed E-state index contributed by atoms with van der Waals surface area (Å²) < 4.78 is 27.3. The van der Waals surface area contributed by atoms with E-state index >= 15 is 0 Å². The molecule has 31 heavy (non-hydrogen) atoms. The van der Waals surface area contributed by atoms with Gasteiger partial charge in [0.15, 0.2) is 0 Å². The van der Waals surface area contributed by atoms with E-state index in [0.717, 1.165) is 4.31 Å². The first-order valence-corrected chi connectivity index (χ1v) is 11.5. The molecule has 1 amide bonds. The molecule has 0 radical (unpaired) electrons. The summed E-state index contributed by atoms with van der Waals surface area (Å²) in [5.74, 6) is -0.668. The number of benzene rings is 3. The molecule has 0 aliphatic rings. The summed E-state index contributed by atoms with van der Waals surface area (Å²) in [4.78, 5) is 12.6. The third-order valence-electron chi connectivity index (χ3n) is 4.10. The molecule has 1 N–H and O–H groups in total. The molecule has 0 saturated heterocycles. The Balaban J connectivity index is 1.85. The Bertz CT molecular complexity index is 1200. The lowest BCUT2D eigenvalue weighted by molar-refractivity contribution is -0.119. The van der Waals surface area contributed by atoms with Crippen LogP contribution in [0.5, 0.6) is 0 Å². The Kier molecular flexibility index (Phi) is 7.56. The van der Waals surface area contributed by atoms with Crippen LogP contribution in [0, 0.1) is 0 Å². The Labute approximate surface area is 195 Å². The van der Waals surface area contributed by atoms with Crippen LogP contribution < -0.4 is 9.73 Å². The van der Waals surface area contributed by atoms with Crippen molar-refractivity contribution in [2.24, 2.45) is 5.10 Å². The second-order valence-corrected chi connectivity index (χ2v) is 9.35. The number of amides is 1. The SMILES string of the molecule is O=C(CN(c1cccc(Cl)c1)S(=O)(=O)c1ccccc1)NN=Cc1c(Cl)cccc1Cl. The Hall–Kier alpha value is -2.58. The second-order valence-electron chi connectivity index (χ2n) is 6.23. The van der Waals surface area contributed by atoms with Gasteiger partial charge in [-0.2, -0.15) is 5.10 Å². The van der Waals surface area contributed by atoms with E-state index in [2.05, 4.69) is 10.5 Å². The summed E-state index contributed by atoms with van der Waals surface area (Å²) in [7, 11) is -4.04. The minimum atomic E-state index is -4.04. The maximum Gasteiger partial charge on any atom is 0.264 e. The molecule has 0 atom stereocenters. The van der Waals surface area contributed by atoms with E-state index in [4.69, 9.17) is 34.8 Å². The lowest BCUT2D eigenvalue weighted by atomic mass is 10.2. The van der Waals surface area contributed by atoms with Gasteiger partial charge in [0.2, 0.25) is 0 Å². The normalized spacial score (nSPS) is 11.5. The van der Waals surface area contributed by atoms with Gasteiger partial charge in [-0.05, 0) is 42.5 Å². The number of hydrogen-bond donors (Lipinski definition) is 1. The number of nitrogens with zero attached hydrogens (tertiary/aromatic N) is 2. The third kappa shape index (κ3) is 5.77. The predicted octanol–water partition coefficient (Wildman–Crippen LogP) is 4.99. The highest BCUT2D eigenvalue weighted by Gasteiger charge is 2.27. The second kappa shape index (κ2) is 10.2. The minimum absolute atomic E-state index is 0.0362. The Morgan fingerprint density at radius 1 is 0.935 bits per heavy atom. The van der Waals surface area contributed by atoms with Crippen LogP contribution in [-0.2, 0) is 14.8 Å². The van der Waals surface area contributed by atoms with Crippen molar-refractivity contribution >= 4 is 62.6 Å². The average molecular weight is 497 g/mol. The highest BCUT2D eigenvalue weighted by molar-refractivity contribution is 7.92. The lowest BCUT2D eigenvalue weighted by Gasteiger charge is -2.23. The number of hydrazone groups is 1. The average Bonchev–Trinajstić information content (AvgIpc) is 2.74. The van der Waals surface area contributed by atoms with Gasteiger partial charge in [0.1, 0.15) is 6.54 Å². The summed E-state index contributed by atoms with van der Waals surface area (Å²) >= 11 is 18.2. The molecule has 10 heteroatoms. The van der Waals surface area contributed by atoms with Crippen molar-refractivity contribution in [3.8, 4) is 0 Å². The quantitative estimate of drug-likeness (QED) is 0.370. The summed E-state index contributed by atoms with van der Waals surface area (Å²) in [6.07, 6.45) is 1.29. The summed E-state index contributed by atoms with van der Waals surface area (Å²) in [5, 5.41) is 4.89. The highest BCUT2D eigenvalue weighted by atomic mass is 35.5. The number of nitrogens with one attached hydrogen (secondary N) is 1. The van der Waals surface area contributed by atoms with Crippen LogP contribution in [0.3, 0.4) is 0 Å². The molecule has 0 fully saturated rings. The number of sulfonamides is 1. The number of carbonyl (C=O) groups is 1. The van der Waals surface area contributed by atoms with Crippen molar-refractivity contribution < 1.29 is 13.2 Å². The maximum atomic E-state index is 13.2. The van der Waals surface area contributed by atoms with E-state index in [1.807, 2.05) is 0 Å². The van der Waals surface area contributed by atoms with E-state index in [-0.39, 0.29) is 10.6 Å². The number of carbonyl (C=O) groups excluding carboxylic acids is 1. The topological polar surface area (TPSA) is 78.8 Å². The standard InChI is InChI=1S/C21H16Cl3N3O3S/c22-15-6-4-7-16(12-15)27(31(29,30)17-8-2-1-3-9-17)14-21(28)26-25-13-18-19(23)10-5-11-20(18)24/h1-13H,14H2,(H,26,28). The van der Waals surface area contributed by atoms with Gasteiger partial charge < -0.3 is 0 Å². The van der Waals surface area contributed by atoms with Gasteiger partial charge in [-0.1, -0.05) is 65.1 Å². The molecule has 0 aliphatic heterocycles. The van der Waals surface area contributed by atoms with Crippen LogP contribution in [0.15, 0.2) is 82.8 Å². The third-order valence-corrected chi connectivity index (χ3v) is 6.78. The summed E-state index contributed by atoms with van der Waals surface area (Å²) in [6, 6.07) is 18.9. The van der Waals surface area contributed by atoms with E-state index in [0.29, 0.717) is 20.6 Å². The molecule has 3 aromatic carbocycles. The van der Waals surface area contributed by atoms with Gasteiger partial charge in [0, 0.05) is 10.6 Å². The van der Waals surface area contributed by atoms with Crippen molar-refractivity contribution in [2.75, 3.05) is 10.8 Å². The van der Waals surface area contributed by atoms with Crippen LogP contribution in [0.1, 0.15) is 5.56 Å². The fraction of sp³-hybridized carbons (Fsp3) is 0.0476. The van der Waals surface area contributed by atoms with E-state index < -0.39 is 22.5 Å². The Morgan fingerprint density at radius 2 is 1.58 bits per heavy atom. The van der Waals surface area contributed by atoms with Crippen LogP contribution in [-0.4, -0.2) is 27.1 Å². The van der Waals surface area contributed by atoms with Crippen molar-refractivity contribution in [2.45, 2.75) is 4.90 Å². The first-order chi connectivity index (χ1) is 14.8. The number of rotatable bonds is 7. The Morgan fingerprint density at radius 3 is 2.23 bits per heavy atom. The molecule has 0 bridgehead atoms. The monoisotopic (exact) mass is 495 g/mol.